The van der Waals surface area contributed by atoms with Gasteiger partial charge in [-0.25, -0.2) is 9.97 Å². The van der Waals surface area contributed by atoms with Crippen LogP contribution in [0, 0.1) is 0 Å². The Kier molecular flexibility index (Phi) is 3.79. The third-order valence-corrected chi connectivity index (χ3v) is 4.27. The molecule has 5 nitrogen and oxygen atoms in total. The molecule has 2 aromatic rings. The van der Waals surface area contributed by atoms with Crippen LogP contribution in [0.1, 0.15) is 40.5 Å². The first-order valence-electron chi connectivity index (χ1n) is 8.09. The van der Waals surface area contributed by atoms with Gasteiger partial charge in [-0.05, 0) is 30.5 Å². The minimum Gasteiger partial charge on any atom is -0.488 e. The van der Waals surface area contributed by atoms with Crippen molar-refractivity contribution in [2.45, 2.75) is 31.3 Å². The molecule has 1 aromatic carbocycles. The molecule has 0 radical (unpaired) electrons. The molecule has 1 aliphatic heterocycles. The predicted octanol–water partition coefficient (Wildman–Crippen LogP) is 2.13. The molecule has 0 unspecified atom stereocenters. The zero-order valence-electron chi connectivity index (χ0n) is 12.9. The van der Waals surface area contributed by atoms with Crippen LogP contribution in [0.5, 0.6) is 5.75 Å². The van der Waals surface area contributed by atoms with Crippen molar-refractivity contribution in [3.8, 4) is 5.75 Å². The second-order valence-corrected chi connectivity index (χ2v) is 6.25. The first kappa shape index (κ1) is 14.3. The number of hydrogen-bond donors (Lipinski definition) is 1. The fraction of sp³-hybridized carbons (Fsp3) is 0.389. The molecule has 2 fully saturated rings. The van der Waals surface area contributed by atoms with Crippen molar-refractivity contribution in [2.75, 3.05) is 13.1 Å². The van der Waals surface area contributed by atoms with Crippen LogP contribution >= 0.6 is 0 Å². The van der Waals surface area contributed by atoms with E-state index in [-0.39, 0.29) is 11.9 Å². The number of rotatable bonds is 6. The molecule has 0 atom stereocenters. The Labute approximate surface area is 135 Å². The van der Waals surface area contributed by atoms with Crippen molar-refractivity contribution in [2.24, 2.45) is 0 Å². The fourth-order valence-corrected chi connectivity index (χ4v) is 2.55. The van der Waals surface area contributed by atoms with E-state index >= 15 is 0 Å². The van der Waals surface area contributed by atoms with Crippen LogP contribution in [0.3, 0.4) is 0 Å². The highest BCUT2D eigenvalue weighted by molar-refractivity contribution is 5.96. The van der Waals surface area contributed by atoms with Crippen molar-refractivity contribution in [3.05, 3.63) is 53.6 Å². The Hall–Kier alpha value is -2.27. The first-order valence-corrected chi connectivity index (χ1v) is 8.09. The lowest BCUT2D eigenvalue weighted by atomic mass is 10.1. The zero-order valence-corrected chi connectivity index (χ0v) is 12.9. The molecule has 118 valence electrons. The van der Waals surface area contributed by atoms with Gasteiger partial charge in [-0.2, -0.15) is 0 Å². The van der Waals surface area contributed by atoms with Gasteiger partial charge in [-0.15, -0.1) is 0 Å². The number of aromatic nitrogens is 2. The molecule has 4 rings (SSSR count). The molecule has 1 saturated heterocycles. The maximum atomic E-state index is 12.3. The van der Waals surface area contributed by atoms with E-state index in [4.69, 9.17) is 4.74 Å². The smallest absolute Gasteiger partial charge is 0.170 e. The second-order valence-electron chi connectivity index (χ2n) is 6.25. The van der Waals surface area contributed by atoms with Gasteiger partial charge in [0.15, 0.2) is 5.78 Å². The van der Waals surface area contributed by atoms with Crippen molar-refractivity contribution in [1.82, 2.24) is 15.3 Å². The quantitative estimate of drug-likeness (QED) is 0.828. The molecule has 1 N–H and O–H groups in total. The van der Waals surface area contributed by atoms with E-state index < -0.39 is 0 Å². The van der Waals surface area contributed by atoms with Gasteiger partial charge in [0.2, 0.25) is 0 Å². The fourth-order valence-electron chi connectivity index (χ4n) is 2.55. The summed E-state index contributed by atoms with van der Waals surface area (Å²) in [6, 6.07) is 7.73. The van der Waals surface area contributed by atoms with Gasteiger partial charge in [0, 0.05) is 37.8 Å². The van der Waals surface area contributed by atoms with Gasteiger partial charge in [-0.3, -0.25) is 4.79 Å². The summed E-state index contributed by atoms with van der Waals surface area (Å²) in [5.74, 6) is 2.28. The van der Waals surface area contributed by atoms with Crippen LogP contribution < -0.4 is 10.1 Å². The minimum atomic E-state index is 0.0456. The number of nitrogens with one attached hydrogen (secondary N) is 1. The Morgan fingerprint density at radius 1 is 1.13 bits per heavy atom. The van der Waals surface area contributed by atoms with Crippen molar-refractivity contribution in [3.63, 3.8) is 0 Å². The molecule has 23 heavy (non-hydrogen) atoms. The normalized spacial score (nSPS) is 17.6. The van der Waals surface area contributed by atoms with E-state index in [1.54, 1.807) is 12.4 Å². The van der Waals surface area contributed by atoms with E-state index in [1.807, 2.05) is 24.3 Å². The van der Waals surface area contributed by atoms with Crippen molar-refractivity contribution < 1.29 is 9.53 Å². The standard InChI is InChI=1S/C18H19N3O2/c22-17(14-8-20-18(21-9-14)13-3-4-13)7-12-1-5-15(6-2-12)23-16-10-19-11-16/h1-2,5-6,8-9,13,16,19H,3-4,7,10-11H2. The van der Waals surface area contributed by atoms with Crippen LogP contribution in [-0.2, 0) is 6.42 Å². The summed E-state index contributed by atoms with van der Waals surface area (Å²) in [5.41, 5.74) is 1.55. The predicted molar refractivity (Wildman–Crippen MR) is 85.8 cm³/mol. The number of carbonyl (C=O) groups excluding carboxylic acids is 1. The Morgan fingerprint density at radius 2 is 1.83 bits per heavy atom. The SMILES string of the molecule is O=C(Cc1ccc(OC2CNC2)cc1)c1cnc(C2CC2)nc1. The van der Waals surface area contributed by atoms with Crippen LogP contribution in [0.25, 0.3) is 0 Å². The highest BCUT2D eigenvalue weighted by atomic mass is 16.5. The minimum absolute atomic E-state index is 0.0456. The lowest BCUT2D eigenvalue weighted by Crippen LogP contribution is -2.50. The lowest BCUT2D eigenvalue weighted by Gasteiger charge is -2.27. The topological polar surface area (TPSA) is 64.1 Å². The summed E-state index contributed by atoms with van der Waals surface area (Å²) < 4.78 is 5.77. The largest absolute Gasteiger partial charge is 0.488 e. The van der Waals surface area contributed by atoms with Gasteiger partial charge in [-0.1, -0.05) is 12.1 Å². The molecule has 1 saturated carbocycles. The summed E-state index contributed by atoms with van der Waals surface area (Å²) >= 11 is 0. The number of benzene rings is 1. The summed E-state index contributed by atoms with van der Waals surface area (Å²) in [5, 5.41) is 3.17. The number of Topliss-reactive ketones (excluding diaryl/α,β-unsaturated/α-hetero) is 1. The Bertz CT molecular complexity index is 689. The number of hydrogen-bond acceptors (Lipinski definition) is 5. The van der Waals surface area contributed by atoms with Gasteiger partial charge < -0.3 is 10.1 Å². The number of carbonyl (C=O) groups is 1. The first-order chi connectivity index (χ1) is 11.3. The van der Waals surface area contributed by atoms with Crippen LogP contribution in [0.2, 0.25) is 0 Å². The van der Waals surface area contributed by atoms with Gasteiger partial charge in [0.25, 0.3) is 0 Å². The average Bonchev–Trinajstić information content (AvgIpc) is 3.37. The molecule has 2 aliphatic rings. The molecular weight excluding hydrogens is 290 g/mol. The molecule has 2 heterocycles. The van der Waals surface area contributed by atoms with E-state index in [1.165, 1.54) is 12.8 Å². The molecule has 0 spiro atoms. The van der Waals surface area contributed by atoms with E-state index in [0.29, 0.717) is 17.9 Å². The zero-order chi connectivity index (χ0) is 15.6. The third kappa shape index (κ3) is 3.40. The highest BCUT2D eigenvalue weighted by Crippen LogP contribution is 2.37. The highest BCUT2D eigenvalue weighted by Gasteiger charge is 2.26. The van der Waals surface area contributed by atoms with Gasteiger partial charge in [0.1, 0.15) is 17.7 Å². The molecular formula is C18H19N3O2. The summed E-state index contributed by atoms with van der Waals surface area (Å²) in [6.45, 7) is 1.80. The summed E-state index contributed by atoms with van der Waals surface area (Å²) in [4.78, 5) is 20.9. The van der Waals surface area contributed by atoms with E-state index in [9.17, 15) is 4.79 Å². The average molecular weight is 309 g/mol. The monoisotopic (exact) mass is 309 g/mol. The van der Waals surface area contributed by atoms with Crippen molar-refractivity contribution >= 4 is 5.78 Å². The number of nitrogens with zero attached hydrogens (tertiary/aromatic N) is 2. The maximum absolute atomic E-state index is 12.3. The number of ether oxygens (including phenoxy) is 1. The molecule has 0 bridgehead atoms. The molecule has 5 heteroatoms. The summed E-state index contributed by atoms with van der Waals surface area (Å²) in [6.07, 6.45) is 6.27. The Morgan fingerprint density at radius 3 is 2.39 bits per heavy atom. The second kappa shape index (κ2) is 6.08. The molecule has 1 aliphatic carbocycles. The molecule has 0 amide bonds. The van der Waals surface area contributed by atoms with E-state index in [0.717, 1.165) is 30.2 Å². The van der Waals surface area contributed by atoms with Gasteiger partial charge in [0.05, 0.1) is 5.56 Å². The number of ketones is 1. The third-order valence-electron chi connectivity index (χ3n) is 4.27. The lowest BCUT2D eigenvalue weighted by molar-refractivity contribution is 0.0992. The maximum Gasteiger partial charge on any atom is 0.170 e. The van der Waals surface area contributed by atoms with Crippen molar-refractivity contribution in [1.29, 1.82) is 0 Å². The van der Waals surface area contributed by atoms with Crippen LogP contribution in [0.15, 0.2) is 36.7 Å². The Balaban J connectivity index is 1.37. The van der Waals surface area contributed by atoms with Crippen LogP contribution in [0.4, 0.5) is 0 Å². The van der Waals surface area contributed by atoms with Crippen LogP contribution in [-0.4, -0.2) is 34.9 Å². The summed E-state index contributed by atoms with van der Waals surface area (Å²) in [7, 11) is 0. The molecule has 1 aromatic heterocycles. The van der Waals surface area contributed by atoms with Gasteiger partial charge >= 0.3 is 0 Å². The van der Waals surface area contributed by atoms with E-state index in [2.05, 4.69) is 15.3 Å².